The largest absolute Gasteiger partial charge is 0.380 e. The van der Waals surface area contributed by atoms with Gasteiger partial charge in [0.15, 0.2) is 0 Å². The average Bonchev–Trinajstić information content (AvgIpc) is 2.33. The van der Waals surface area contributed by atoms with Crippen LogP contribution in [0.2, 0.25) is 0 Å². The van der Waals surface area contributed by atoms with Crippen molar-refractivity contribution in [3.63, 3.8) is 0 Å². The van der Waals surface area contributed by atoms with Crippen LogP contribution in [0.15, 0.2) is 15.6 Å². The lowest BCUT2D eigenvalue weighted by Gasteiger charge is -2.32. The van der Waals surface area contributed by atoms with Crippen LogP contribution in [0.25, 0.3) is 0 Å². The Bertz CT molecular complexity index is 421. The Morgan fingerprint density at radius 2 is 2.50 bits per heavy atom. The van der Waals surface area contributed by atoms with Gasteiger partial charge in [-0.3, -0.25) is 4.79 Å². The van der Waals surface area contributed by atoms with Crippen LogP contribution in [0, 0.1) is 0 Å². The number of aromatic amines is 1. The topological polar surface area (TPSA) is 58.2 Å². The first kappa shape index (κ1) is 11.6. The molecule has 1 aromatic heterocycles. The first-order chi connectivity index (χ1) is 7.72. The molecule has 1 atom stereocenters. The van der Waals surface area contributed by atoms with Crippen LogP contribution >= 0.6 is 15.9 Å². The number of hydrogen-bond acceptors (Lipinski definition) is 4. The van der Waals surface area contributed by atoms with Gasteiger partial charge in [-0.2, -0.15) is 0 Å². The summed E-state index contributed by atoms with van der Waals surface area (Å²) >= 11 is 3.27. The van der Waals surface area contributed by atoms with Crippen molar-refractivity contribution < 1.29 is 4.74 Å². The zero-order valence-corrected chi connectivity index (χ0v) is 10.7. The van der Waals surface area contributed by atoms with Gasteiger partial charge < -0.3 is 14.6 Å². The quantitative estimate of drug-likeness (QED) is 0.887. The molecule has 2 heterocycles. The Kier molecular flexibility index (Phi) is 3.60. The summed E-state index contributed by atoms with van der Waals surface area (Å²) < 4.78 is 5.83. The highest BCUT2D eigenvalue weighted by molar-refractivity contribution is 9.10. The Balaban J connectivity index is 2.23. The summed E-state index contributed by atoms with van der Waals surface area (Å²) in [7, 11) is 1.72. The minimum Gasteiger partial charge on any atom is -0.380 e. The van der Waals surface area contributed by atoms with Crippen LogP contribution in [-0.4, -0.2) is 36.3 Å². The standard InChI is InChI=1S/C10H14BrN3O2/c1-16-7-3-2-4-14(5-7)9-8(11)10(15)13-6-12-9/h6-7H,2-5H2,1H3,(H,12,13,15). The fourth-order valence-electron chi connectivity index (χ4n) is 1.92. The molecule has 0 aromatic carbocycles. The molecular weight excluding hydrogens is 274 g/mol. The zero-order valence-electron chi connectivity index (χ0n) is 9.07. The number of aromatic nitrogens is 2. The highest BCUT2D eigenvalue weighted by Gasteiger charge is 2.22. The fourth-order valence-corrected chi connectivity index (χ4v) is 2.38. The monoisotopic (exact) mass is 287 g/mol. The summed E-state index contributed by atoms with van der Waals surface area (Å²) in [4.78, 5) is 20.2. The number of halogens is 1. The fraction of sp³-hybridized carbons (Fsp3) is 0.600. The SMILES string of the molecule is COC1CCCN(c2nc[nH]c(=O)c2Br)C1. The molecule has 1 aliphatic rings. The molecule has 1 N–H and O–H groups in total. The van der Waals surface area contributed by atoms with Gasteiger partial charge in [0.05, 0.1) is 12.4 Å². The van der Waals surface area contributed by atoms with Crippen molar-refractivity contribution in [2.75, 3.05) is 25.1 Å². The van der Waals surface area contributed by atoms with Gasteiger partial charge >= 0.3 is 0 Å². The average molecular weight is 288 g/mol. The molecule has 1 unspecified atom stereocenters. The molecular formula is C10H14BrN3O2. The third-order valence-corrected chi connectivity index (χ3v) is 3.50. The van der Waals surface area contributed by atoms with E-state index in [1.54, 1.807) is 7.11 Å². The summed E-state index contributed by atoms with van der Waals surface area (Å²) in [5.41, 5.74) is -0.149. The second kappa shape index (κ2) is 4.97. The number of hydrogen-bond donors (Lipinski definition) is 1. The third kappa shape index (κ3) is 2.27. The zero-order chi connectivity index (χ0) is 11.5. The number of rotatable bonds is 2. The molecule has 6 heteroatoms. The Morgan fingerprint density at radius 3 is 3.25 bits per heavy atom. The second-order valence-electron chi connectivity index (χ2n) is 3.82. The first-order valence-corrected chi connectivity index (χ1v) is 6.02. The summed E-state index contributed by atoms with van der Waals surface area (Å²) in [6, 6.07) is 0. The van der Waals surface area contributed by atoms with Gasteiger partial charge in [0, 0.05) is 20.2 Å². The number of nitrogens with zero attached hydrogens (tertiary/aromatic N) is 2. The number of ether oxygens (including phenoxy) is 1. The van der Waals surface area contributed by atoms with E-state index in [2.05, 4.69) is 30.8 Å². The minimum atomic E-state index is -0.149. The molecule has 1 aliphatic heterocycles. The molecule has 0 saturated carbocycles. The maximum absolute atomic E-state index is 11.4. The van der Waals surface area contributed by atoms with Gasteiger partial charge in [-0.05, 0) is 28.8 Å². The van der Waals surface area contributed by atoms with Gasteiger partial charge in [0.2, 0.25) is 0 Å². The molecule has 0 aliphatic carbocycles. The van der Waals surface area contributed by atoms with Crippen LogP contribution in [0.1, 0.15) is 12.8 Å². The van der Waals surface area contributed by atoms with Crippen molar-refractivity contribution in [3.8, 4) is 0 Å². The van der Waals surface area contributed by atoms with E-state index < -0.39 is 0 Å². The molecule has 1 saturated heterocycles. The molecule has 0 bridgehead atoms. The van der Waals surface area contributed by atoms with E-state index in [1.807, 2.05) is 0 Å². The van der Waals surface area contributed by atoms with E-state index in [0.29, 0.717) is 10.3 Å². The molecule has 5 nitrogen and oxygen atoms in total. The van der Waals surface area contributed by atoms with Gasteiger partial charge in [0.1, 0.15) is 10.3 Å². The van der Waals surface area contributed by atoms with Crippen LogP contribution in [0.4, 0.5) is 5.82 Å². The highest BCUT2D eigenvalue weighted by atomic mass is 79.9. The van der Waals surface area contributed by atoms with Crippen LogP contribution in [-0.2, 0) is 4.74 Å². The molecule has 2 rings (SSSR count). The second-order valence-corrected chi connectivity index (χ2v) is 4.61. The van der Waals surface area contributed by atoms with E-state index in [4.69, 9.17) is 4.74 Å². The molecule has 0 amide bonds. The van der Waals surface area contributed by atoms with Crippen molar-refractivity contribution in [2.24, 2.45) is 0 Å². The summed E-state index contributed by atoms with van der Waals surface area (Å²) in [6.45, 7) is 1.69. The van der Waals surface area contributed by atoms with Crippen LogP contribution in [0.5, 0.6) is 0 Å². The van der Waals surface area contributed by atoms with E-state index in [-0.39, 0.29) is 11.7 Å². The lowest BCUT2D eigenvalue weighted by Crippen LogP contribution is -2.40. The normalized spacial score (nSPS) is 21.1. The maximum Gasteiger partial charge on any atom is 0.267 e. The van der Waals surface area contributed by atoms with E-state index in [9.17, 15) is 4.79 Å². The summed E-state index contributed by atoms with van der Waals surface area (Å²) in [6.07, 6.45) is 3.77. The lowest BCUT2D eigenvalue weighted by atomic mass is 10.1. The number of methoxy groups -OCH3 is 1. The summed E-state index contributed by atoms with van der Waals surface area (Å²) in [5, 5.41) is 0. The number of anilines is 1. The predicted octanol–water partition coefficient (Wildman–Crippen LogP) is 1.15. The molecule has 0 spiro atoms. The van der Waals surface area contributed by atoms with Crippen molar-refractivity contribution in [3.05, 3.63) is 21.2 Å². The molecule has 0 radical (unpaired) electrons. The van der Waals surface area contributed by atoms with Crippen molar-refractivity contribution in [1.29, 1.82) is 0 Å². The van der Waals surface area contributed by atoms with Crippen molar-refractivity contribution >= 4 is 21.7 Å². The number of piperidine rings is 1. The van der Waals surface area contributed by atoms with Crippen molar-refractivity contribution in [2.45, 2.75) is 18.9 Å². The Morgan fingerprint density at radius 1 is 1.69 bits per heavy atom. The van der Waals surface area contributed by atoms with Crippen LogP contribution in [0.3, 0.4) is 0 Å². The van der Waals surface area contributed by atoms with E-state index in [1.165, 1.54) is 6.33 Å². The smallest absolute Gasteiger partial charge is 0.267 e. The van der Waals surface area contributed by atoms with Gasteiger partial charge in [-0.15, -0.1) is 0 Å². The first-order valence-electron chi connectivity index (χ1n) is 5.23. The van der Waals surface area contributed by atoms with Crippen molar-refractivity contribution in [1.82, 2.24) is 9.97 Å². The Labute approximate surface area is 102 Å². The maximum atomic E-state index is 11.4. The predicted molar refractivity (Wildman–Crippen MR) is 64.8 cm³/mol. The van der Waals surface area contributed by atoms with Gasteiger partial charge in [0.25, 0.3) is 5.56 Å². The minimum absolute atomic E-state index is 0.149. The van der Waals surface area contributed by atoms with E-state index in [0.717, 1.165) is 25.9 Å². The molecule has 1 fully saturated rings. The number of nitrogens with one attached hydrogen (secondary N) is 1. The molecule has 16 heavy (non-hydrogen) atoms. The third-order valence-electron chi connectivity index (χ3n) is 2.79. The number of H-pyrrole nitrogens is 1. The highest BCUT2D eigenvalue weighted by Crippen LogP contribution is 2.23. The molecule has 1 aromatic rings. The summed E-state index contributed by atoms with van der Waals surface area (Å²) in [5.74, 6) is 0.700. The molecule has 88 valence electrons. The Hall–Kier alpha value is -0.880. The van der Waals surface area contributed by atoms with Gasteiger partial charge in [-0.1, -0.05) is 0 Å². The lowest BCUT2D eigenvalue weighted by molar-refractivity contribution is 0.0891. The van der Waals surface area contributed by atoms with E-state index >= 15 is 0 Å². The van der Waals surface area contributed by atoms with Crippen LogP contribution < -0.4 is 10.5 Å². The van der Waals surface area contributed by atoms with Gasteiger partial charge in [-0.25, -0.2) is 4.98 Å².